The van der Waals surface area contributed by atoms with Gasteiger partial charge in [-0.15, -0.1) is 0 Å². The van der Waals surface area contributed by atoms with Gasteiger partial charge >= 0.3 is 0 Å². The molecular weight excluding hydrogens is 204 g/mol. The van der Waals surface area contributed by atoms with Gasteiger partial charge in [0, 0.05) is 5.56 Å². The molecule has 5 heteroatoms. The van der Waals surface area contributed by atoms with Crippen LogP contribution in [0.1, 0.15) is 5.56 Å². The molecule has 0 aliphatic heterocycles. The minimum Gasteiger partial charge on any atom is -0.491 e. The Bertz CT molecular complexity index is 536. The number of aromatic nitrogens is 2. The van der Waals surface area contributed by atoms with Crippen molar-refractivity contribution in [2.24, 2.45) is 0 Å². The van der Waals surface area contributed by atoms with E-state index in [4.69, 9.17) is 15.7 Å². The number of nitrogens with zero attached hydrogens (tertiary/aromatic N) is 2. The number of rotatable bonds is 2. The Hall–Kier alpha value is -2.48. The molecule has 2 rings (SSSR count). The SMILES string of the molecule is COc1c(N)n[nH]c1-c1ccc(C#N)cc1. The molecule has 1 heterocycles. The molecule has 0 amide bonds. The zero-order valence-electron chi connectivity index (χ0n) is 8.69. The molecule has 80 valence electrons. The van der Waals surface area contributed by atoms with Crippen LogP contribution in [0, 0.1) is 11.3 Å². The van der Waals surface area contributed by atoms with Gasteiger partial charge in [0.05, 0.1) is 18.7 Å². The first-order valence-electron chi connectivity index (χ1n) is 4.64. The lowest BCUT2D eigenvalue weighted by molar-refractivity contribution is 0.419. The van der Waals surface area contributed by atoms with E-state index in [1.807, 2.05) is 12.1 Å². The van der Waals surface area contributed by atoms with Gasteiger partial charge in [-0.05, 0) is 12.1 Å². The van der Waals surface area contributed by atoms with Crippen LogP contribution < -0.4 is 10.5 Å². The molecule has 0 unspecified atom stereocenters. The first-order valence-corrected chi connectivity index (χ1v) is 4.64. The highest BCUT2D eigenvalue weighted by Gasteiger charge is 2.12. The van der Waals surface area contributed by atoms with Crippen molar-refractivity contribution in [3.63, 3.8) is 0 Å². The third kappa shape index (κ3) is 1.57. The number of nitrogens with two attached hydrogens (primary N) is 1. The molecule has 1 aromatic heterocycles. The second-order valence-corrected chi connectivity index (χ2v) is 3.21. The summed E-state index contributed by atoms with van der Waals surface area (Å²) in [4.78, 5) is 0. The summed E-state index contributed by atoms with van der Waals surface area (Å²) in [6.45, 7) is 0. The van der Waals surface area contributed by atoms with Crippen LogP contribution in [-0.2, 0) is 0 Å². The fraction of sp³-hybridized carbons (Fsp3) is 0.0909. The van der Waals surface area contributed by atoms with Crippen molar-refractivity contribution >= 4 is 5.82 Å². The molecule has 0 saturated carbocycles. The molecule has 0 bridgehead atoms. The largest absolute Gasteiger partial charge is 0.491 e. The number of nitrogens with one attached hydrogen (secondary N) is 1. The predicted molar refractivity (Wildman–Crippen MR) is 59.7 cm³/mol. The molecule has 0 spiro atoms. The number of ether oxygens (including phenoxy) is 1. The van der Waals surface area contributed by atoms with Crippen molar-refractivity contribution in [2.45, 2.75) is 0 Å². The molecule has 3 N–H and O–H groups in total. The summed E-state index contributed by atoms with van der Waals surface area (Å²) in [7, 11) is 1.54. The van der Waals surface area contributed by atoms with E-state index in [1.165, 1.54) is 7.11 Å². The van der Waals surface area contributed by atoms with Crippen molar-refractivity contribution in [1.82, 2.24) is 10.2 Å². The zero-order valence-corrected chi connectivity index (χ0v) is 8.69. The average Bonchev–Trinajstić information content (AvgIpc) is 2.70. The molecular formula is C11H10N4O. The highest BCUT2D eigenvalue weighted by Crippen LogP contribution is 2.32. The fourth-order valence-corrected chi connectivity index (χ4v) is 1.46. The molecule has 2 aromatic rings. The number of methoxy groups -OCH3 is 1. The Kier molecular flexibility index (Phi) is 2.48. The fourth-order valence-electron chi connectivity index (χ4n) is 1.46. The van der Waals surface area contributed by atoms with Crippen LogP contribution in [0.3, 0.4) is 0 Å². The Morgan fingerprint density at radius 3 is 2.62 bits per heavy atom. The number of hydrogen-bond donors (Lipinski definition) is 2. The van der Waals surface area contributed by atoms with Crippen molar-refractivity contribution in [3.8, 4) is 23.1 Å². The van der Waals surface area contributed by atoms with Crippen LogP contribution >= 0.6 is 0 Å². The highest BCUT2D eigenvalue weighted by atomic mass is 16.5. The summed E-state index contributed by atoms with van der Waals surface area (Å²) >= 11 is 0. The third-order valence-electron chi connectivity index (χ3n) is 2.25. The summed E-state index contributed by atoms with van der Waals surface area (Å²) in [6.07, 6.45) is 0. The smallest absolute Gasteiger partial charge is 0.188 e. The maximum Gasteiger partial charge on any atom is 0.188 e. The number of anilines is 1. The second-order valence-electron chi connectivity index (χ2n) is 3.21. The molecule has 1 aromatic carbocycles. The molecule has 5 nitrogen and oxygen atoms in total. The van der Waals surface area contributed by atoms with Gasteiger partial charge in [-0.2, -0.15) is 10.4 Å². The molecule has 0 radical (unpaired) electrons. The first-order chi connectivity index (χ1) is 7.76. The molecule has 16 heavy (non-hydrogen) atoms. The number of benzene rings is 1. The summed E-state index contributed by atoms with van der Waals surface area (Å²) in [5, 5.41) is 15.4. The van der Waals surface area contributed by atoms with Crippen LogP contribution in [0.15, 0.2) is 24.3 Å². The molecule has 0 aliphatic carbocycles. The van der Waals surface area contributed by atoms with E-state index >= 15 is 0 Å². The summed E-state index contributed by atoms with van der Waals surface area (Å²) in [5.74, 6) is 0.839. The lowest BCUT2D eigenvalue weighted by Gasteiger charge is -2.02. The van der Waals surface area contributed by atoms with Crippen LogP contribution in [0.25, 0.3) is 11.3 Å². The first kappa shape index (κ1) is 10.1. The van der Waals surface area contributed by atoms with Crippen LogP contribution in [0.5, 0.6) is 5.75 Å². The minimum atomic E-state index is 0.321. The normalized spacial score (nSPS) is 9.75. The Morgan fingerprint density at radius 1 is 1.38 bits per heavy atom. The minimum absolute atomic E-state index is 0.321. The van der Waals surface area contributed by atoms with Crippen molar-refractivity contribution in [1.29, 1.82) is 5.26 Å². The predicted octanol–water partition coefficient (Wildman–Crippen LogP) is 1.54. The van der Waals surface area contributed by atoms with E-state index in [9.17, 15) is 0 Å². The van der Waals surface area contributed by atoms with Gasteiger partial charge in [0.1, 0.15) is 5.69 Å². The van der Waals surface area contributed by atoms with E-state index in [2.05, 4.69) is 16.3 Å². The number of nitrogen functional groups attached to an aromatic ring is 1. The summed E-state index contributed by atoms with van der Waals surface area (Å²) in [5.41, 5.74) is 7.82. The van der Waals surface area contributed by atoms with E-state index in [0.29, 0.717) is 22.8 Å². The van der Waals surface area contributed by atoms with Crippen LogP contribution in [-0.4, -0.2) is 17.3 Å². The molecule has 0 atom stereocenters. The quantitative estimate of drug-likeness (QED) is 0.793. The Morgan fingerprint density at radius 2 is 2.06 bits per heavy atom. The number of H-pyrrole nitrogens is 1. The van der Waals surface area contributed by atoms with Gasteiger partial charge in [0.2, 0.25) is 0 Å². The maximum absolute atomic E-state index is 8.69. The average molecular weight is 214 g/mol. The monoisotopic (exact) mass is 214 g/mol. The van der Waals surface area contributed by atoms with Gasteiger partial charge in [-0.25, -0.2) is 0 Å². The van der Waals surface area contributed by atoms with Gasteiger partial charge < -0.3 is 10.5 Å². The molecule has 0 saturated heterocycles. The molecule has 0 aliphatic rings. The van der Waals surface area contributed by atoms with E-state index < -0.39 is 0 Å². The van der Waals surface area contributed by atoms with Gasteiger partial charge in [0.15, 0.2) is 11.6 Å². The van der Waals surface area contributed by atoms with Gasteiger partial charge in [-0.1, -0.05) is 12.1 Å². The third-order valence-corrected chi connectivity index (χ3v) is 2.25. The topological polar surface area (TPSA) is 87.7 Å². The Labute approximate surface area is 92.5 Å². The molecule has 0 fully saturated rings. The van der Waals surface area contributed by atoms with Crippen molar-refractivity contribution < 1.29 is 4.74 Å². The standard InChI is InChI=1S/C11H10N4O/c1-16-10-9(14-15-11(10)13)8-4-2-7(6-12)3-5-8/h2-5H,1H3,(H3,13,14,15). The zero-order chi connectivity index (χ0) is 11.5. The van der Waals surface area contributed by atoms with Crippen molar-refractivity contribution in [2.75, 3.05) is 12.8 Å². The van der Waals surface area contributed by atoms with Gasteiger partial charge in [-0.3, -0.25) is 5.10 Å². The van der Waals surface area contributed by atoms with Crippen LogP contribution in [0.4, 0.5) is 5.82 Å². The maximum atomic E-state index is 8.69. The lowest BCUT2D eigenvalue weighted by Crippen LogP contribution is -1.90. The lowest BCUT2D eigenvalue weighted by atomic mass is 10.1. The van der Waals surface area contributed by atoms with Crippen molar-refractivity contribution in [3.05, 3.63) is 29.8 Å². The van der Waals surface area contributed by atoms with Crippen LogP contribution in [0.2, 0.25) is 0 Å². The van der Waals surface area contributed by atoms with E-state index in [1.54, 1.807) is 12.1 Å². The van der Waals surface area contributed by atoms with E-state index in [0.717, 1.165) is 5.56 Å². The number of hydrogen-bond acceptors (Lipinski definition) is 4. The second kappa shape index (κ2) is 3.95. The van der Waals surface area contributed by atoms with Gasteiger partial charge in [0.25, 0.3) is 0 Å². The number of nitriles is 1. The Balaban J connectivity index is 2.47. The summed E-state index contributed by atoms with van der Waals surface area (Å²) in [6, 6.07) is 9.14. The van der Waals surface area contributed by atoms with E-state index in [-0.39, 0.29) is 0 Å². The number of aromatic amines is 1. The highest BCUT2D eigenvalue weighted by molar-refractivity contribution is 5.72. The summed E-state index contributed by atoms with van der Waals surface area (Å²) < 4.78 is 5.14.